The van der Waals surface area contributed by atoms with Crippen molar-refractivity contribution in [3.8, 4) is 0 Å². The predicted molar refractivity (Wildman–Crippen MR) is 80.4 cm³/mol. The molecule has 0 bridgehead atoms. The molecule has 0 aromatic heterocycles. The van der Waals surface area contributed by atoms with Crippen molar-refractivity contribution in [3.63, 3.8) is 0 Å². The van der Waals surface area contributed by atoms with Crippen molar-refractivity contribution in [3.05, 3.63) is 35.6 Å². The van der Waals surface area contributed by atoms with Gasteiger partial charge in [-0.1, -0.05) is 37.5 Å². The van der Waals surface area contributed by atoms with Crippen LogP contribution in [0.2, 0.25) is 0 Å². The molecule has 1 N–H and O–H groups in total. The van der Waals surface area contributed by atoms with E-state index in [0.717, 1.165) is 25.0 Å². The van der Waals surface area contributed by atoms with E-state index in [1.54, 1.807) is 6.07 Å². The van der Waals surface area contributed by atoms with Crippen molar-refractivity contribution in [2.24, 2.45) is 0 Å². The Morgan fingerprint density at radius 2 is 1.95 bits per heavy atom. The molecule has 0 amide bonds. The number of nitrogens with one attached hydrogen (secondary N) is 1. The summed E-state index contributed by atoms with van der Waals surface area (Å²) in [4.78, 5) is 0. The Balaban J connectivity index is 2.18. The lowest BCUT2D eigenvalue weighted by Crippen LogP contribution is -2.54. The molecule has 3 heteroatoms. The molecule has 2 rings (SSSR count). The van der Waals surface area contributed by atoms with Crippen LogP contribution in [0, 0.1) is 5.82 Å². The smallest absolute Gasteiger partial charge is 0.126 e. The average Bonchev–Trinajstić information content (AvgIpc) is 2.47. The van der Waals surface area contributed by atoms with Crippen molar-refractivity contribution < 1.29 is 9.13 Å². The van der Waals surface area contributed by atoms with Crippen LogP contribution in [0.25, 0.3) is 0 Å². The SMILES string of the molecule is CCOC1(C(Cc2ccccc2F)NC)CCCCC1. The van der Waals surface area contributed by atoms with Gasteiger partial charge in [0.1, 0.15) is 5.82 Å². The maximum Gasteiger partial charge on any atom is 0.126 e. The third kappa shape index (κ3) is 3.39. The van der Waals surface area contributed by atoms with Crippen LogP contribution in [0.1, 0.15) is 44.6 Å². The largest absolute Gasteiger partial charge is 0.374 e. The van der Waals surface area contributed by atoms with E-state index in [4.69, 9.17) is 4.74 Å². The number of halogens is 1. The van der Waals surface area contributed by atoms with E-state index in [2.05, 4.69) is 5.32 Å². The first-order valence-corrected chi connectivity index (χ1v) is 7.76. The molecule has 1 aliphatic rings. The fourth-order valence-electron chi connectivity index (χ4n) is 3.47. The lowest BCUT2D eigenvalue weighted by atomic mass is 9.77. The first kappa shape index (κ1) is 15.5. The van der Waals surface area contributed by atoms with Gasteiger partial charge in [0.25, 0.3) is 0 Å². The number of benzene rings is 1. The summed E-state index contributed by atoms with van der Waals surface area (Å²) in [5.74, 6) is -0.116. The summed E-state index contributed by atoms with van der Waals surface area (Å²) in [6.45, 7) is 2.77. The molecule has 2 nitrogen and oxygen atoms in total. The number of likely N-dealkylation sites (N-methyl/N-ethyl adjacent to an activating group) is 1. The Morgan fingerprint density at radius 1 is 1.25 bits per heavy atom. The Bertz CT molecular complexity index is 410. The number of ether oxygens (including phenoxy) is 1. The van der Waals surface area contributed by atoms with Crippen LogP contribution in [0.15, 0.2) is 24.3 Å². The number of hydrogen-bond donors (Lipinski definition) is 1. The van der Waals surface area contributed by atoms with Crippen molar-refractivity contribution >= 4 is 0 Å². The van der Waals surface area contributed by atoms with Crippen LogP contribution in [0.3, 0.4) is 0 Å². The summed E-state index contributed by atoms with van der Waals surface area (Å²) in [6, 6.07) is 7.23. The highest BCUT2D eigenvalue weighted by Gasteiger charge is 2.40. The molecule has 0 heterocycles. The molecule has 1 aliphatic carbocycles. The molecular formula is C17H26FNO. The van der Waals surface area contributed by atoms with Gasteiger partial charge in [-0.3, -0.25) is 0 Å². The van der Waals surface area contributed by atoms with Gasteiger partial charge in [-0.05, 0) is 44.9 Å². The van der Waals surface area contributed by atoms with Crippen LogP contribution < -0.4 is 5.32 Å². The van der Waals surface area contributed by atoms with E-state index < -0.39 is 0 Å². The van der Waals surface area contributed by atoms with Crippen molar-refractivity contribution in [2.75, 3.05) is 13.7 Å². The van der Waals surface area contributed by atoms with Crippen molar-refractivity contribution in [1.29, 1.82) is 0 Å². The molecule has 20 heavy (non-hydrogen) atoms. The van der Waals surface area contributed by atoms with Crippen LogP contribution in [0.4, 0.5) is 4.39 Å². The van der Waals surface area contributed by atoms with Gasteiger partial charge in [0.05, 0.1) is 5.60 Å². The molecular weight excluding hydrogens is 253 g/mol. The molecule has 0 radical (unpaired) electrons. The summed E-state index contributed by atoms with van der Waals surface area (Å²) in [5.41, 5.74) is 0.640. The first-order valence-electron chi connectivity index (χ1n) is 7.76. The fourth-order valence-corrected chi connectivity index (χ4v) is 3.47. The van der Waals surface area contributed by atoms with Gasteiger partial charge < -0.3 is 10.1 Å². The highest BCUT2D eigenvalue weighted by molar-refractivity contribution is 5.19. The summed E-state index contributed by atoms with van der Waals surface area (Å²) >= 11 is 0. The van der Waals surface area contributed by atoms with Gasteiger partial charge in [-0.2, -0.15) is 0 Å². The van der Waals surface area contributed by atoms with Crippen LogP contribution in [-0.2, 0) is 11.2 Å². The predicted octanol–water partition coefficient (Wildman–Crippen LogP) is 3.70. The summed E-state index contributed by atoms with van der Waals surface area (Å²) in [7, 11) is 1.96. The van der Waals surface area contributed by atoms with Crippen molar-refractivity contribution in [1.82, 2.24) is 5.32 Å². The molecule has 1 unspecified atom stereocenters. The molecule has 1 fully saturated rings. The summed E-state index contributed by atoms with van der Waals surface area (Å²) in [5, 5.41) is 3.38. The lowest BCUT2D eigenvalue weighted by molar-refractivity contribution is -0.0884. The topological polar surface area (TPSA) is 21.3 Å². The Hall–Kier alpha value is -0.930. The fraction of sp³-hybridized carbons (Fsp3) is 0.647. The van der Waals surface area contributed by atoms with Gasteiger partial charge in [0.15, 0.2) is 0 Å². The van der Waals surface area contributed by atoms with E-state index in [1.165, 1.54) is 25.3 Å². The van der Waals surface area contributed by atoms with E-state index >= 15 is 0 Å². The van der Waals surface area contributed by atoms with Gasteiger partial charge in [-0.15, -0.1) is 0 Å². The third-order valence-electron chi connectivity index (χ3n) is 4.50. The van der Waals surface area contributed by atoms with E-state index in [-0.39, 0.29) is 17.5 Å². The van der Waals surface area contributed by atoms with E-state index in [1.807, 2.05) is 26.1 Å². The van der Waals surface area contributed by atoms with Gasteiger partial charge in [0.2, 0.25) is 0 Å². The van der Waals surface area contributed by atoms with Crippen LogP contribution >= 0.6 is 0 Å². The Kier molecular flexibility index (Phi) is 5.55. The molecule has 112 valence electrons. The zero-order valence-corrected chi connectivity index (χ0v) is 12.6. The molecule has 0 saturated heterocycles. The van der Waals surface area contributed by atoms with E-state index in [9.17, 15) is 4.39 Å². The number of rotatable bonds is 6. The van der Waals surface area contributed by atoms with Crippen molar-refractivity contribution in [2.45, 2.75) is 57.1 Å². The van der Waals surface area contributed by atoms with E-state index in [0.29, 0.717) is 6.42 Å². The normalized spacial score (nSPS) is 19.8. The quantitative estimate of drug-likeness (QED) is 0.857. The highest BCUT2D eigenvalue weighted by Crippen LogP contribution is 2.36. The third-order valence-corrected chi connectivity index (χ3v) is 4.50. The first-order chi connectivity index (χ1) is 9.72. The van der Waals surface area contributed by atoms with Gasteiger partial charge in [-0.25, -0.2) is 4.39 Å². The minimum Gasteiger partial charge on any atom is -0.374 e. The molecule has 1 atom stereocenters. The monoisotopic (exact) mass is 279 g/mol. The second-order valence-electron chi connectivity index (χ2n) is 5.70. The zero-order chi connectivity index (χ0) is 14.4. The Morgan fingerprint density at radius 3 is 2.55 bits per heavy atom. The molecule has 0 aliphatic heterocycles. The minimum atomic E-state index is -0.135. The zero-order valence-electron chi connectivity index (χ0n) is 12.6. The maximum absolute atomic E-state index is 13.9. The minimum absolute atomic E-state index is 0.116. The highest BCUT2D eigenvalue weighted by atomic mass is 19.1. The molecule has 1 saturated carbocycles. The average molecular weight is 279 g/mol. The summed E-state index contributed by atoms with van der Waals surface area (Å²) in [6.07, 6.45) is 6.51. The van der Waals surface area contributed by atoms with Crippen LogP contribution in [0.5, 0.6) is 0 Å². The summed E-state index contributed by atoms with van der Waals surface area (Å²) < 4.78 is 20.0. The number of hydrogen-bond acceptors (Lipinski definition) is 2. The second kappa shape index (κ2) is 7.19. The molecule has 1 aromatic carbocycles. The molecule has 0 spiro atoms. The van der Waals surface area contributed by atoms with Gasteiger partial charge >= 0.3 is 0 Å². The molecule has 1 aromatic rings. The Labute approximate surface area is 121 Å². The maximum atomic E-state index is 13.9. The standard InChI is InChI=1S/C17H26FNO/c1-3-20-17(11-7-4-8-12-17)16(19-2)13-14-9-5-6-10-15(14)18/h5-6,9-10,16,19H,3-4,7-8,11-13H2,1-2H3. The van der Waals surface area contributed by atoms with Crippen LogP contribution in [-0.4, -0.2) is 25.3 Å². The second-order valence-corrected chi connectivity index (χ2v) is 5.70. The van der Waals surface area contributed by atoms with Gasteiger partial charge in [0, 0.05) is 12.6 Å². The lowest BCUT2D eigenvalue weighted by Gasteiger charge is -2.43.